The number of para-hydroxylation sites is 1. The van der Waals surface area contributed by atoms with Crippen molar-refractivity contribution in [3.05, 3.63) is 68.6 Å². The Hall–Kier alpha value is -2.59. The minimum Gasteiger partial charge on any atom is -0.383 e. The van der Waals surface area contributed by atoms with Crippen LogP contribution in [-0.4, -0.2) is 41.9 Å². The van der Waals surface area contributed by atoms with E-state index in [0.717, 1.165) is 37.6 Å². The largest absolute Gasteiger partial charge is 0.383 e. The number of carbonyl (C=O) groups excluding carboxylic acids is 3. The third-order valence-electron chi connectivity index (χ3n) is 4.99. The molecule has 0 bridgehead atoms. The number of aromatic nitrogens is 1. The summed E-state index contributed by atoms with van der Waals surface area (Å²) in [7, 11) is 1.57. The first-order chi connectivity index (χ1) is 15.9. The Balaban J connectivity index is 1.68. The molecule has 4 rings (SSSR count). The van der Waals surface area contributed by atoms with Crippen molar-refractivity contribution in [2.24, 2.45) is 0 Å². The highest BCUT2D eigenvalue weighted by molar-refractivity contribution is 9.10. The van der Waals surface area contributed by atoms with Crippen LogP contribution < -0.4 is 10.2 Å². The summed E-state index contributed by atoms with van der Waals surface area (Å²) >= 11 is 10.5. The van der Waals surface area contributed by atoms with E-state index in [1.165, 1.54) is 0 Å². The smallest absolute Gasteiger partial charge is 0.298 e. The molecule has 1 N–H and O–H groups in total. The molecule has 0 radical (unpaired) electrons. The highest BCUT2D eigenvalue weighted by Gasteiger charge is 2.37. The maximum absolute atomic E-state index is 13.1. The molecule has 0 unspecified atom stereocenters. The van der Waals surface area contributed by atoms with Crippen LogP contribution in [0.25, 0.3) is 17.0 Å². The summed E-state index contributed by atoms with van der Waals surface area (Å²) in [6.45, 7) is 0.955. The first kappa shape index (κ1) is 23.6. The average molecular weight is 549 g/mol. The first-order valence-corrected chi connectivity index (χ1v) is 11.9. The van der Waals surface area contributed by atoms with E-state index in [4.69, 9.17) is 16.3 Å². The zero-order chi connectivity index (χ0) is 23.5. The van der Waals surface area contributed by atoms with Crippen LogP contribution in [0.5, 0.6) is 0 Å². The van der Waals surface area contributed by atoms with Crippen molar-refractivity contribution in [2.45, 2.75) is 6.54 Å². The van der Waals surface area contributed by atoms with Gasteiger partial charge in [0.2, 0.25) is 5.91 Å². The minimum absolute atomic E-state index is 0.108. The van der Waals surface area contributed by atoms with Gasteiger partial charge in [0.05, 0.1) is 22.2 Å². The van der Waals surface area contributed by atoms with Crippen LogP contribution in [0.4, 0.5) is 10.5 Å². The summed E-state index contributed by atoms with van der Waals surface area (Å²) in [6, 6.07) is 12.4. The highest BCUT2D eigenvalue weighted by Crippen LogP contribution is 2.39. The third-order valence-corrected chi connectivity index (χ3v) is 6.67. The number of hydrogen-bond donors (Lipinski definition) is 1. The van der Waals surface area contributed by atoms with Crippen LogP contribution in [0.2, 0.25) is 5.02 Å². The van der Waals surface area contributed by atoms with E-state index >= 15 is 0 Å². The molecule has 1 aliphatic heterocycles. The second-order valence-electron chi connectivity index (χ2n) is 7.19. The van der Waals surface area contributed by atoms with Crippen LogP contribution in [0.3, 0.4) is 0 Å². The van der Waals surface area contributed by atoms with Gasteiger partial charge in [0.25, 0.3) is 11.1 Å². The van der Waals surface area contributed by atoms with Gasteiger partial charge in [-0.1, -0.05) is 39.7 Å². The minimum atomic E-state index is -0.439. The van der Waals surface area contributed by atoms with Gasteiger partial charge in [0, 0.05) is 40.8 Å². The normalized spacial score (nSPS) is 15.1. The number of nitrogens with zero attached hydrogens (tertiary/aromatic N) is 2. The summed E-state index contributed by atoms with van der Waals surface area (Å²) < 4.78 is 7.63. The predicted molar refractivity (Wildman–Crippen MR) is 134 cm³/mol. The highest BCUT2D eigenvalue weighted by atomic mass is 79.9. The molecule has 170 valence electrons. The second-order valence-corrected chi connectivity index (χ2v) is 9.50. The first-order valence-electron chi connectivity index (χ1n) is 9.95. The average Bonchev–Trinajstić information content (AvgIpc) is 3.25. The fourth-order valence-corrected chi connectivity index (χ4v) is 4.90. The van der Waals surface area contributed by atoms with Crippen LogP contribution >= 0.6 is 39.3 Å². The number of amides is 3. The van der Waals surface area contributed by atoms with E-state index in [1.807, 2.05) is 22.8 Å². The Morgan fingerprint density at radius 3 is 2.79 bits per heavy atom. The molecule has 3 amide bonds. The van der Waals surface area contributed by atoms with Crippen LogP contribution in [0.15, 0.2) is 58.0 Å². The van der Waals surface area contributed by atoms with E-state index < -0.39 is 11.1 Å². The summed E-state index contributed by atoms with van der Waals surface area (Å²) in [4.78, 5) is 39.4. The number of methoxy groups -OCH3 is 1. The number of thioether (sulfide) groups is 1. The maximum Gasteiger partial charge on any atom is 0.298 e. The number of halogens is 2. The molecule has 0 aliphatic carbocycles. The second kappa shape index (κ2) is 10.1. The molecule has 3 aromatic rings. The summed E-state index contributed by atoms with van der Waals surface area (Å²) in [5, 5.41) is 3.55. The lowest BCUT2D eigenvalue weighted by atomic mass is 10.1. The van der Waals surface area contributed by atoms with Gasteiger partial charge in [0.15, 0.2) is 0 Å². The fraction of sp³-hybridized carbons (Fsp3) is 0.174. The van der Waals surface area contributed by atoms with Gasteiger partial charge in [-0.25, -0.2) is 4.90 Å². The maximum atomic E-state index is 13.1. The van der Waals surface area contributed by atoms with Crippen molar-refractivity contribution in [1.82, 2.24) is 9.88 Å². The number of nitrogens with one attached hydrogen (secondary N) is 1. The van der Waals surface area contributed by atoms with Gasteiger partial charge in [0.1, 0.15) is 6.54 Å². The van der Waals surface area contributed by atoms with Crippen molar-refractivity contribution in [1.29, 1.82) is 0 Å². The molecule has 2 aromatic carbocycles. The molecule has 1 aliphatic rings. The van der Waals surface area contributed by atoms with Crippen molar-refractivity contribution in [2.75, 3.05) is 25.2 Å². The topological polar surface area (TPSA) is 80.6 Å². The number of rotatable bonds is 7. The van der Waals surface area contributed by atoms with Gasteiger partial charge in [-0.2, -0.15) is 0 Å². The SMILES string of the molecule is COCCNC(=O)Cn1cc(/C=C2\SC(=O)N(c3ccccc3Cl)C2=O)c2cc(Br)ccc21. The number of hydrogen-bond acceptors (Lipinski definition) is 5. The van der Waals surface area contributed by atoms with Crippen molar-refractivity contribution in [3.63, 3.8) is 0 Å². The Labute approximate surface area is 207 Å². The molecule has 0 saturated carbocycles. The van der Waals surface area contributed by atoms with Gasteiger partial charge in [-0.3, -0.25) is 14.4 Å². The van der Waals surface area contributed by atoms with E-state index in [9.17, 15) is 14.4 Å². The van der Waals surface area contributed by atoms with Crippen LogP contribution in [0, 0.1) is 0 Å². The molecule has 1 saturated heterocycles. The number of benzene rings is 2. The van der Waals surface area contributed by atoms with Gasteiger partial charge in [-0.15, -0.1) is 0 Å². The van der Waals surface area contributed by atoms with E-state index in [0.29, 0.717) is 23.9 Å². The molecule has 10 heteroatoms. The lowest BCUT2D eigenvalue weighted by Gasteiger charge is -2.13. The Bertz CT molecular complexity index is 1290. The Kier molecular flexibility index (Phi) is 7.23. The summed E-state index contributed by atoms with van der Waals surface area (Å²) in [5.41, 5.74) is 1.90. The summed E-state index contributed by atoms with van der Waals surface area (Å²) in [6.07, 6.45) is 3.48. The van der Waals surface area contributed by atoms with E-state index in [2.05, 4.69) is 21.2 Å². The zero-order valence-electron chi connectivity index (χ0n) is 17.5. The fourth-order valence-electron chi connectivity index (χ4n) is 3.50. The molecule has 1 aromatic heterocycles. The van der Waals surface area contributed by atoms with Crippen molar-refractivity contribution < 1.29 is 19.1 Å². The molecule has 2 heterocycles. The monoisotopic (exact) mass is 547 g/mol. The third kappa shape index (κ3) is 5.01. The number of imide groups is 1. The molecule has 33 heavy (non-hydrogen) atoms. The van der Waals surface area contributed by atoms with Gasteiger partial charge in [-0.05, 0) is 48.2 Å². The molecular formula is C23H19BrClN3O4S. The zero-order valence-corrected chi connectivity index (χ0v) is 20.7. The van der Waals surface area contributed by atoms with Gasteiger partial charge < -0.3 is 14.6 Å². The van der Waals surface area contributed by atoms with Crippen molar-refractivity contribution in [3.8, 4) is 0 Å². The Morgan fingerprint density at radius 1 is 1.24 bits per heavy atom. The molecular weight excluding hydrogens is 530 g/mol. The number of fused-ring (bicyclic) bond motifs is 1. The molecule has 0 atom stereocenters. The molecule has 7 nitrogen and oxygen atoms in total. The summed E-state index contributed by atoms with van der Waals surface area (Å²) in [5.74, 6) is -0.594. The number of carbonyl (C=O) groups is 3. The van der Waals surface area contributed by atoms with E-state index in [-0.39, 0.29) is 17.4 Å². The van der Waals surface area contributed by atoms with E-state index in [1.54, 1.807) is 43.6 Å². The van der Waals surface area contributed by atoms with Crippen LogP contribution in [0.1, 0.15) is 5.56 Å². The van der Waals surface area contributed by atoms with Crippen LogP contribution in [-0.2, 0) is 20.9 Å². The Morgan fingerprint density at radius 2 is 2.03 bits per heavy atom. The van der Waals surface area contributed by atoms with Gasteiger partial charge >= 0.3 is 0 Å². The number of ether oxygens (including phenoxy) is 1. The van der Waals surface area contributed by atoms with Crippen molar-refractivity contribution >= 4 is 79.0 Å². The predicted octanol–water partition coefficient (Wildman–Crippen LogP) is 5.06. The molecule has 1 fully saturated rings. The lowest BCUT2D eigenvalue weighted by Crippen LogP contribution is -2.30. The quantitative estimate of drug-likeness (QED) is 0.330. The standard InChI is InChI=1S/C23H19BrClN3O4S/c1-32-9-8-26-21(29)13-27-12-14(16-11-15(24)6-7-18(16)27)10-20-22(30)28(23(31)33-20)19-5-3-2-4-17(19)25/h2-7,10-12H,8-9,13H2,1H3,(H,26,29)/b20-10-. The molecule has 0 spiro atoms. The number of anilines is 1. The lowest BCUT2D eigenvalue weighted by molar-refractivity contribution is -0.121.